The van der Waals surface area contributed by atoms with Crippen LogP contribution in [-0.2, 0) is 4.79 Å². The van der Waals surface area contributed by atoms with Crippen LogP contribution in [0, 0.1) is 0 Å². The molecule has 1 aromatic heterocycles. The van der Waals surface area contributed by atoms with E-state index >= 15 is 0 Å². The van der Waals surface area contributed by atoms with Crippen molar-refractivity contribution >= 4 is 28.8 Å². The second kappa shape index (κ2) is 8.16. The largest absolute Gasteiger partial charge is 0.494 e. The molecule has 1 N–H and O–H groups in total. The zero-order valence-electron chi connectivity index (χ0n) is 14.2. The van der Waals surface area contributed by atoms with Gasteiger partial charge in [-0.3, -0.25) is 9.59 Å². The molecule has 1 atom stereocenters. The predicted octanol–water partition coefficient (Wildman–Crippen LogP) is 3.78. The van der Waals surface area contributed by atoms with Gasteiger partial charge in [0.2, 0.25) is 5.91 Å². The number of amides is 2. The quantitative estimate of drug-likeness (QED) is 0.885. The van der Waals surface area contributed by atoms with Crippen LogP contribution in [0.5, 0.6) is 5.75 Å². The van der Waals surface area contributed by atoms with Crippen molar-refractivity contribution in [3.8, 4) is 5.75 Å². The topological polar surface area (TPSA) is 58.6 Å². The normalized spacial score (nSPS) is 17.2. The molecule has 1 saturated heterocycles. The minimum atomic E-state index is -0.421. The smallest absolute Gasteiger partial charge is 0.264 e. The molecule has 1 fully saturated rings. The van der Waals surface area contributed by atoms with Crippen molar-refractivity contribution in [1.29, 1.82) is 0 Å². The summed E-state index contributed by atoms with van der Waals surface area (Å²) in [5.74, 6) is 0.586. The summed E-state index contributed by atoms with van der Waals surface area (Å²) in [5.41, 5.74) is 0.711. The molecule has 6 heteroatoms. The summed E-state index contributed by atoms with van der Waals surface area (Å²) < 4.78 is 5.41. The minimum absolute atomic E-state index is 0.0541. The van der Waals surface area contributed by atoms with E-state index in [9.17, 15) is 9.59 Å². The Kier molecular flexibility index (Phi) is 5.71. The summed E-state index contributed by atoms with van der Waals surface area (Å²) in [6, 6.07) is 10.5. The van der Waals surface area contributed by atoms with Crippen LogP contribution in [0.15, 0.2) is 41.8 Å². The number of nitrogens with zero attached hydrogens (tertiary/aromatic N) is 1. The third-order valence-corrected chi connectivity index (χ3v) is 5.09. The maximum Gasteiger partial charge on any atom is 0.264 e. The lowest BCUT2D eigenvalue weighted by Crippen LogP contribution is -2.49. The van der Waals surface area contributed by atoms with Crippen molar-refractivity contribution in [3.05, 3.63) is 46.7 Å². The number of hydrogen-bond donors (Lipinski definition) is 1. The Balaban J connectivity index is 1.69. The van der Waals surface area contributed by atoms with Gasteiger partial charge in [0, 0.05) is 12.2 Å². The van der Waals surface area contributed by atoms with Crippen LogP contribution in [0.4, 0.5) is 5.69 Å². The lowest BCUT2D eigenvalue weighted by molar-refractivity contribution is -0.121. The van der Waals surface area contributed by atoms with Gasteiger partial charge < -0.3 is 15.0 Å². The van der Waals surface area contributed by atoms with Gasteiger partial charge in [0.15, 0.2) is 0 Å². The van der Waals surface area contributed by atoms with E-state index in [1.807, 2.05) is 48.7 Å². The highest BCUT2D eigenvalue weighted by atomic mass is 32.1. The first kappa shape index (κ1) is 17.5. The molecule has 0 radical (unpaired) electrons. The van der Waals surface area contributed by atoms with Crippen molar-refractivity contribution in [2.45, 2.75) is 32.2 Å². The van der Waals surface area contributed by atoms with Crippen LogP contribution >= 0.6 is 11.3 Å². The van der Waals surface area contributed by atoms with Gasteiger partial charge in [0.25, 0.3) is 5.91 Å². The molecule has 5 nitrogen and oxygen atoms in total. The molecule has 132 valence electrons. The van der Waals surface area contributed by atoms with E-state index in [2.05, 4.69) is 5.32 Å². The van der Waals surface area contributed by atoms with Crippen molar-refractivity contribution in [2.75, 3.05) is 18.5 Å². The first-order valence-electron chi connectivity index (χ1n) is 8.57. The zero-order chi connectivity index (χ0) is 17.6. The van der Waals surface area contributed by atoms with Crippen molar-refractivity contribution in [3.63, 3.8) is 0 Å². The Morgan fingerprint density at radius 3 is 2.72 bits per heavy atom. The van der Waals surface area contributed by atoms with E-state index in [4.69, 9.17) is 4.74 Å². The monoisotopic (exact) mass is 358 g/mol. The van der Waals surface area contributed by atoms with Gasteiger partial charge in [0.1, 0.15) is 11.8 Å². The second-order valence-corrected chi connectivity index (χ2v) is 6.88. The summed E-state index contributed by atoms with van der Waals surface area (Å²) in [4.78, 5) is 27.8. The van der Waals surface area contributed by atoms with Crippen LogP contribution in [0.3, 0.4) is 0 Å². The molecule has 1 aromatic carbocycles. The molecule has 0 bridgehead atoms. The number of thiophene rings is 1. The molecule has 0 spiro atoms. The summed E-state index contributed by atoms with van der Waals surface area (Å²) in [5, 5.41) is 4.81. The van der Waals surface area contributed by atoms with Crippen molar-refractivity contribution < 1.29 is 14.3 Å². The second-order valence-electron chi connectivity index (χ2n) is 5.93. The maximum absolute atomic E-state index is 12.7. The number of piperidine rings is 1. The molecule has 3 rings (SSSR count). The van der Waals surface area contributed by atoms with Gasteiger partial charge in [-0.05, 0) is 61.9 Å². The number of carbonyl (C=O) groups is 2. The number of likely N-dealkylation sites (tertiary alicyclic amines) is 1. The van der Waals surface area contributed by atoms with Gasteiger partial charge in [-0.1, -0.05) is 6.07 Å². The van der Waals surface area contributed by atoms with Gasteiger partial charge >= 0.3 is 0 Å². The number of carbonyl (C=O) groups excluding carboxylic acids is 2. The number of benzene rings is 1. The lowest BCUT2D eigenvalue weighted by atomic mass is 10.0. The number of rotatable bonds is 5. The highest BCUT2D eigenvalue weighted by Crippen LogP contribution is 2.23. The number of hydrogen-bond acceptors (Lipinski definition) is 4. The average Bonchev–Trinajstić information content (AvgIpc) is 3.17. The van der Waals surface area contributed by atoms with Crippen LogP contribution < -0.4 is 10.1 Å². The van der Waals surface area contributed by atoms with Gasteiger partial charge in [-0.2, -0.15) is 0 Å². The van der Waals surface area contributed by atoms with E-state index in [1.165, 1.54) is 11.3 Å². The minimum Gasteiger partial charge on any atom is -0.494 e. The van der Waals surface area contributed by atoms with Crippen LogP contribution in [0.25, 0.3) is 0 Å². The Morgan fingerprint density at radius 1 is 1.24 bits per heavy atom. The molecule has 0 aliphatic carbocycles. The van der Waals surface area contributed by atoms with Crippen molar-refractivity contribution in [1.82, 2.24) is 4.90 Å². The van der Waals surface area contributed by atoms with Gasteiger partial charge in [-0.25, -0.2) is 0 Å². The fourth-order valence-corrected chi connectivity index (χ4v) is 3.69. The highest BCUT2D eigenvalue weighted by Gasteiger charge is 2.33. The predicted molar refractivity (Wildman–Crippen MR) is 99.2 cm³/mol. The molecule has 25 heavy (non-hydrogen) atoms. The summed E-state index contributed by atoms with van der Waals surface area (Å²) in [7, 11) is 0. The van der Waals surface area contributed by atoms with E-state index < -0.39 is 6.04 Å². The maximum atomic E-state index is 12.7. The Labute approximate surface area is 151 Å². The molecule has 1 aliphatic heterocycles. The van der Waals surface area contributed by atoms with E-state index in [1.54, 1.807) is 4.90 Å². The molecule has 2 heterocycles. The third-order valence-electron chi connectivity index (χ3n) is 4.23. The van der Waals surface area contributed by atoms with E-state index in [0.717, 1.165) is 18.6 Å². The highest BCUT2D eigenvalue weighted by molar-refractivity contribution is 7.12. The molecule has 1 aliphatic rings. The van der Waals surface area contributed by atoms with Crippen LogP contribution in [0.2, 0.25) is 0 Å². The van der Waals surface area contributed by atoms with Crippen molar-refractivity contribution in [2.24, 2.45) is 0 Å². The molecule has 1 unspecified atom stereocenters. The molecular formula is C19H22N2O3S. The lowest BCUT2D eigenvalue weighted by Gasteiger charge is -2.34. The Bertz CT molecular complexity index is 713. The van der Waals surface area contributed by atoms with Crippen LogP contribution in [-0.4, -0.2) is 35.9 Å². The fourth-order valence-electron chi connectivity index (χ4n) is 3.02. The Morgan fingerprint density at radius 2 is 2.04 bits per heavy atom. The van der Waals surface area contributed by atoms with Crippen LogP contribution in [0.1, 0.15) is 35.9 Å². The van der Waals surface area contributed by atoms with Gasteiger partial charge in [0.05, 0.1) is 11.5 Å². The average molecular weight is 358 g/mol. The van der Waals surface area contributed by atoms with E-state index in [-0.39, 0.29) is 11.8 Å². The molecule has 2 aromatic rings. The Hall–Kier alpha value is -2.34. The molecule has 2 amide bonds. The number of anilines is 1. The van der Waals surface area contributed by atoms with Gasteiger partial charge in [-0.15, -0.1) is 11.3 Å². The molecular weight excluding hydrogens is 336 g/mol. The summed E-state index contributed by atoms with van der Waals surface area (Å²) >= 11 is 1.41. The third kappa shape index (κ3) is 4.20. The standard InChI is InChI=1S/C19H22N2O3S/c1-2-24-15-10-8-14(9-11-15)20-18(22)16-6-3-4-12-21(16)19(23)17-7-5-13-25-17/h5,7-11,13,16H,2-4,6,12H2,1H3,(H,20,22). The first-order valence-corrected chi connectivity index (χ1v) is 9.45. The summed E-state index contributed by atoms with van der Waals surface area (Å²) in [6.45, 7) is 3.16. The number of nitrogens with one attached hydrogen (secondary N) is 1. The first-order chi connectivity index (χ1) is 12.2. The summed E-state index contributed by atoms with van der Waals surface area (Å²) in [6.07, 6.45) is 2.58. The molecule has 0 saturated carbocycles. The van der Waals surface area contributed by atoms with E-state index in [0.29, 0.717) is 30.1 Å². The zero-order valence-corrected chi connectivity index (χ0v) is 15.1. The fraction of sp³-hybridized carbons (Fsp3) is 0.368. The number of ether oxygens (including phenoxy) is 1. The SMILES string of the molecule is CCOc1ccc(NC(=O)C2CCCCN2C(=O)c2cccs2)cc1.